The Bertz CT molecular complexity index is 501. The van der Waals surface area contributed by atoms with Crippen molar-refractivity contribution in [2.45, 2.75) is 13.3 Å². The molecule has 19 heavy (non-hydrogen) atoms. The molecule has 1 rings (SSSR count). The molecule has 0 aliphatic rings. The number of hydrogen-bond acceptors (Lipinski definition) is 4. The molecule has 1 aromatic rings. The number of amides is 2. The zero-order valence-electron chi connectivity index (χ0n) is 10.2. The lowest BCUT2D eigenvalue weighted by Gasteiger charge is -2.18. The fraction of sp³-hybridized carbons (Fsp3) is 0.250. The number of carboxylic acid groups (broad SMARTS) is 1. The fourth-order valence-electron chi connectivity index (χ4n) is 1.42. The Kier molecular flexibility index (Phi) is 5.02. The number of carbonyl (C=O) groups is 3. The number of carbonyl (C=O) groups excluding carboxylic acids is 2. The molecule has 0 aliphatic carbocycles. The highest BCUT2D eigenvalue weighted by Crippen LogP contribution is 2.12. The Balaban J connectivity index is 2.79. The van der Waals surface area contributed by atoms with Gasteiger partial charge in [0, 0.05) is 16.5 Å². The van der Waals surface area contributed by atoms with E-state index in [1.54, 1.807) is 0 Å². The van der Waals surface area contributed by atoms with Gasteiger partial charge in [-0.2, -0.15) is 0 Å². The Morgan fingerprint density at radius 2 is 1.84 bits per heavy atom. The zero-order chi connectivity index (χ0) is 14.6. The number of nitrogens with zero attached hydrogens (tertiary/aromatic N) is 1. The topological polar surface area (TPSA) is 101 Å². The number of carboxylic acids is 1. The minimum Gasteiger partial charge on any atom is -0.481 e. The zero-order valence-corrected chi connectivity index (χ0v) is 10.9. The molecule has 1 aromatic carbocycles. The molecule has 0 radical (unpaired) electrons. The predicted molar refractivity (Wildman–Crippen MR) is 68.2 cm³/mol. The van der Waals surface area contributed by atoms with E-state index in [2.05, 4.69) is 0 Å². The van der Waals surface area contributed by atoms with Gasteiger partial charge < -0.3 is 5.11 Å². The van der Waals surface area contributed by atoms with Crippen molar-refractivity contribution in [3.05, 3.63) is 34.9 Å². The highest BCUT2D eigenvalue weighted by molar-refractivity contribution is 6.30. The number of halogens is 1. The normalized spacial score (nSPS) is 11.7. The third-order valence-electron chi connectivity index (χ3n) is 2.45. The summed E-state index contributed by atoms with van der Waals surface area (Å²) in [6, 6.07) is 5.85. The van der Waals surface area contributed by atoms with Crippen molar-refractivity contribution >= 4 is 29.4 Å². The standard InChI is InChI=1S/C12H13ClN2O4/c1-7(6-10(16)17)11(18)15(14)12(19)8-2-4-9(13)5-3-8/h2-5,7H,6,14H2,1H3,(H,16,17). The van der Waals surface area contributed by atoms with Gasteiger partial charge in [0.2, 0.25) is 5.91 Å². The van der Waals surface area contributed by atoms with E-state index in [4.69, 9.17) is 22.6 Å². The summed E-state index contributed by atoms with van der Waals surface area (Å²) in [5.74, 6) is 1.95. The number of hydrogen-bond donors (Lipinski definition) is 2. The number of rotatable bonds is 4. The minimum absolute atomic E-state index is 0.197. The molecule has 0 saturated carbocycles. The van der Waals surface area contributed by atoms with Crippen molar-refractivity contribution in [1.29, 1.82) is 0 Å². The van der Waals surface area contributed by atoms with Crippen LogP contribution in [0.2, 0.25) is 5.02 Å². The lowest BCUT2D eigenvalue weighted by molar-refractivity contribution is -0.143. The summed E-state index contributed by atoms with van der Waals surface area (Å²) in [5, 5.41) is 9.47. The van der Waals surface area contributed by atoms with Gasteiger partial charge in [-0.1, -0.05) is 18.5 Å². The van der Waals surface area contributed by atoms with Crippen LogP contribution in [-0.4, -0.2) is 27.9 Å². The van der Waals surface area contributed by atoms with Gasteiger partial charge in [-0.05, 0) is 24.3 Å². The van der Waals surface area contributed by atoms with Crippen LogP contribution in [0.25, 0.3) is 0 Å². The SMILES string of the molecule is CC(CC(=O)O)C(=O)N(N)C(=O)c1ccc(Cl)cc1. The first-order valence-electron chi connectivity index (χ1n) is 5.43. The quantitative estimate of drug-likeness (QED) is 0.493. The molecule has 3 N–H and O–H groups in total. The monoisotopic (exact) mass is 284 g/mol. The van der Waals surface area contributed by atoms with E-state index >= 15 is 0 Å². The Labute approximate surface area is 114 Å². The summed E-state index contributed by atoms with van der Waals surface area (Å²) >= 11 is 5.68. The van der Waals surface area contributed by atoms with Crippen molar-refractivity contribution in [3.63, 3.8) is 0 Å². The van der Waals surface area contributed by atoms with Crippen LogP contribution in [0.1, 0.15) is 23.7 Å². The summed E-state index contributed by atoms with van der Waals surface area (Å²) in [4.78, 5) is 34.1. The van der Waals surface area contributed by atoms with Crippen LogP contribution in [0.15, 0.2) is 24.3 Å². The molecule has 0 aliphatic heterocycles. The van der Waals surface area contributed by atoms with Gasteiger partial charge in [-0.3, -0.25) is 14.4 Å². The molecule has 7 heteroatoms. The van der Waals surface area contributed by atoms with Crippen LogP contribution in [0.3, 0.4) is 0 Å². The van der Waals surface area contributed by atoms with Crippen molar-refractivity contribution in [2.75, 3.05) is 0 Å². The third kappa shape index (κ3) is 4.04. The van der Waals surface area contributed by atoms with E-state index in [0.717, 1.165) is 0 Å². The summed E-state index contributed by atoms with van der Waals surface area (Å²) in [6.07, 6.45) is -0.388. The predicted octanol–water partition coefficient (Wildman–Crippen LogP) is 1.29. The average Bonchev–Trinajstić information content (AvgIpc) is 2.36. The fourth-order valence-corrected chi connectivity index (χ4v) is 1.54. The lowest BCUT2D eigenvalue weighted by atomic mass is 10.1. The second kappa shape index (κ2) is 6.31. The van der Waals surface area contributed by atoms with E-state index in [9.17, 15) is 14.4 Å². The highest BCUT2D eigenvalue weighted by Gasteiger charge is 2.25. The van der Waals surface area contributed by atoms with Crippen LogP contribution in [-0.2, 0) is 9.59 Å². The molecule has 0 saturated heterocycles. The number of imide groups is 1. The summed E-state index contributed by atoms with van der Waals surface area (Å²) < 4.78 is 0. The molecule has 0 fully saturated rings. The smallest absolute Gasteiger partial charge is 0.304 e. The van der Waals surface area contributed by atoms with Crippen molar-refractivity contribution in [2.24, 2.45) is 11.8 Å². The summed E-state index contributed by atoms with van der Waals surface area (Å²) in [5.41, 5.74) is 0.197. The van der Waals surface area contributed by atoms with Gasteiger partial charge in [0.25, 0.3) is 5.91 Å². The van der Waals surface area contributed by atoms with E-state index in [1.807, 2.05) is 0 Å². The average molecular weight is 285 g/mol. The number of aliphatic carboxylic acids is 1. The van der Waals surface area contributed by atoms with Crippen molar-refractivity contribution < 1.29 is 19.5 Å². The maximum Gasteiger partial charge on any atom is 0.304 e. The highest BCUT2D eigenvalue weighted by atomic mass is 35.5. The van der Waals surface area contributed by atoms with Gasteiger partial charge in [0.05, 0.1) is 6.42 Å². The minimum atomic E-state index is -1.13. The molecule has 102 valence electrons. The van der Waals surface area contributed by atoms with Crippen molar-refractivity contribution in [1.82, 2.24) is 5.01 Å². The van der Waals surface area contributed by atoms with E-state index in [1.165, 1.54) is 31.2 Å². The summed E-state index contributed by atoms with van der Waals surface area (Å²) in [7, 11) is 0. The summed E-state index contributed by atoms with van der Waals surface area (Å²) in [6.45, 7) is 1.39. The maximum absolute atomic E-state index is 11.9. The molecule has 0 aromatic heterocycles. The molecule has 2 amide bonds. The largest absolute Gasteiger partial charge is 0.481 e. The van der Waals surface area contributed by atoms with E-state index in [-0.39, 0.29) is 12.0 Å². The molecule has 0 heterocycles. The number of hydrazine groups is 1. The van der Waals surface area contributed by atoms with E-state index < -0.39 is 23.7 Å². The van der Waals surface area contributed by atoms with Gasteiger partial charge in [-0.25, -0.2) is 10.9 Å². The number of benzene rings is 1. The lowest BCUT2D eigenvalue weighted by Crippen LogP contribution is -2.45. The van der Waals surface area contributed by atoms with Crippen molar-refractivity contribution in [3.8, 4) is 0 Å². The Hall–Kier alpha value is -1.92. The van der Waals surface area contributed by atoms with E-state index in [0.29, 0.717) is 10.0 Å². The van der Waals surface area contributed by atoms with Crippen LogP contribution in [0, 0.1) is 5.92 Å². The first-order valence-corrected chi connectivity index (χ1v) is 5.81. The van der Waals surface area contributed by atoms with Gasteiger partial charge in [0.15, 0.2) is 0 Å². The second-order valence-corrected chi connectivity index (χ2v) is 4.46. The maximum atomic E-state index is 11.9. The molecular formula is C12H13ClN2O4. The molecule has 1 atom stereocenters. The molecule has 1 unspecified atom stereocenters. The van der Waals surface area contributed by atoms with Crippen LogP contribution < -0.4 is 5.84 Å². The van der Waals surface area contributed by atoms with Crippen LogP contribution >= 0.6 is 11.6 Å². The van der Waals surface area contributed by atoms with Crippen LogP contribution in [0.4, 0.5) is 0 Å². The van der Waals surface area contributed by atoms with Gasteiger partial charge >= 0.3 is 5.97 Å². The Morgan fingerprint density at radius 1 is 1.32 bits per heavy atom. The third-order valence-corrected chi connectivity index (χ3v) is 2.70. The molecule has 6 nitrogen and oxygen atoms in total. The first-order chi connectivity index (χ1) is 8.82. The van der Waals surface area contributed by atoms with Gasteiger partial charge in [-0.15, -0.1) is 0 Å². The number of nitrogens with two attached hydrogens (primary N) is 1. The van der Waals surface area contributed by atoms with Gasteiger partial charge in [0.1, 0.15) is 0 Å². The molecule has 0 spiro atoms. The van der Waals surface area contributed by atoms with Crippen LogP contribution in [0.5, 0.6) is 0 Å². The molecular weight excluding hydrogens is 272 g/mol. The Morgan fingerprint density at radius 3 is 2.32 bits per heavy atom. The first kappa shape index (κ1) is 15.1. The second-order valence-electron chi connectivity index (χ2n) is 4.02. The molecule has 0 bridgehead atoms.